The molecule has 0 spiro atoms. The Morgan fingerprint density at radius 3 is 1.74 bits per heavy atom. The highest BCUT2D eigenvalue weighted by molar-refractivity contribution is 5.68. The minimum absolute atomic E-state index is 0.114. The van der Waals surface area contributed by atoms with Gasteiger partial charge in [0.2, 0.25) is 5.88 Å². The number of hydrogen-bond acceptors (Lipinski definition) is 7. The Balaban J connectivity index is 0.000000257. The van der Waals surface area contributed by atoms with Crippen LogP contribution in [0.3, 0.4) is 0 Å². The van der Waals surface area contributed by atoms with Gasteiger partial charge in [-0.3, -0.25) is 0 Å². The third-order valence-electron chi connectivity index (χ3n) is 5.14. The Hall–Kier alpha value is -2.55. The molecule has 2 aliphatic rings. The first-order valence-electron chi connectivity index (χ1n) is 12.0. The molecule has 0 aliphatic carbocycles. The first kappa shape index (κ1) is 27.7. The van der Waals surface area contributed by atoms with Gasteiger partial charge in [-0.1, -0.05) is 6.07 Å². The van der Waals surface area contributed by atoms with Gasteiger partial charge in [-0.2, -0.15) is 0 Å². The van der Waals surface area contributed by atoms with Gasteiger partial charge in [0.15, 0.2) is 0 Å². The highest BCUT2D eigenvalue weighted by Crippen LogP contribution is 2.19. The van der Waals surface area contributed by atoms with Crippen molar-refractivity contribution in [3.05, 3.63) is 24.4 Å². The van der Waals surface area contributed by atoms with Crippen molar-refractivity contribution in [1.82, 2.24) is 14.8 Å². The van der Waals surface area contributed by atoms with Crippen LogP contribution in [0.4, 0.5) is 9.59 Å². The third kappa shape index (κ3) is 10.6. The van der Waals surface area contributed by atoms with Gasteiger partial charge in [0.05, 0.1) is 6.10 Å². The fourth-order valence-electron chi connectivity index (χ4n) is 3.45. The van der Waals surface area contributed by atoms with Crippen molar-refractivity contribution in [2.75, 3.05) is 26.2 Å². The van der Waals surface area contributed by atoms with Crippen molar-refractivity contribution < 1.29 is 28.9 Å². The maximum Gasteiger partial charge on any atom is 0.410 e. The fraction of sp³-hybridized carbons (Fsp3) is 0.720. The van der Waals surface area contributed by atoms with Crippen LogP contribution in [0.2, 0.25) is 0 Å². The van der Waals surface area contributed by atoms with E-state index >= 15 is 0 Å². The molecule has 0 atom stereocenters. The van der Waals surface area contributed by atoms with Gasteiger partial charge >= 0.3 is 12.2 Å². The van der Waals surface area contributed by atoms with Crippen LogP contribution < -0.4 is 4.74 Å². The van der Waals surface area contributed by atoms with Gasteiger partial charge in [0.25, 0.3) is 0 Å². The molecule has 1 aromatic rings. The van der Waals surface area contributed by atoms with E-state index in [0.29, 0.717) is 44.9 Å². The minimum Gasteiger partial charge on any atom is -0.474 e. The standard InChI is InChI=1S/C15H22N2O3.C10H19NO3/c1-15(2,3)20-14(18)17-10-7-12(8-11-17)19-13-6-4-5-9-16-13;1-10(2,3)14-9(13)11-6-4-8(12)5-7-11/h4-6,9,12H,7-8,10-11H2,1-3H3;8,12H,4-7H2,1-3H3. The van der Waals surface area contributed by atoms with E-state index in [0.717, 1.165) is 12.8 Å². The summed E-state index contributed by atoms with van der Waals surface area (Å²) in [5, 5.41) is 9.26. The fourth-order valence-corrected chi connectivity index (χ4v) is 3.45. The number of likely N-dealkylation sites (tertiary alicyclic amines) is 2. The van der Waals surface area contributed by atoms with Crippen molar-refractivity contribution in [3.8, 4) is 5.88 Å². The molecule has 2 amide bonds. The van der Waals surface area contributed by atoms with Crippen LogP contribution in [0.25, 0.3) is 0 Å². The molecule has 2 fully saturated rings. The number of pyridine rings is 1. The zero-order valence-corrected chi connectivity index (χ0v) is 21.5. The van der Waals surface area contributed by atoms with Gasteiger partial charge < -0.3 is 29.1 Å². The number of carbonyl (C=O) groups excluding carboxylic acids is 2. The molecule has 192 valence electrons. The van der Waals surface area contributed by atoms with Crippen LogP contribution in [0, 0.1) is 0 Å². The molecule has 9 nitrogen and oxygen atoms in total. The van der Waals surface area contributed by atoms with Gasteiger partial charge in [-0.15, -0.1) is 0 Å². The molecule has 2 saturated heterocycles. The summed E-state index contributed by atoms with van der Waals surface area (Å²) in [7, 11) is 0. The topological polar surface area (TPSA) is 101 Å². The summed E-state index contributed by atoms with van der Waals surface area (Å²) >= 11 is 0. The Labute approximate surface area is 203 Å². The van der Waals surface area contributed by atoms with Crippen molar-refractivity contribution in [2.24, 2.45) is 0 Å². The van der Waals surface area contributed by atoms with Crippen LogP contribution in [0.5, 0.6) is 5.88 Å². The van der Waals surface area contributed by atoms with E-state index in [4.69, 9.17) is 14.2 Å². The number of aromatic nitrogens is 1. The monoisotopic (exact) mass is 479 g/mol. The average molecular weight is 480 g/mol. The molecule has 3 rings (SSSR count). The van der Waals surface area contributed by atoms with E-state index in [-0.39, 0.29) is 24.4 Å². The number of aliphatic hydroxyl groups excluding tert-OH is 1. The number of carbonyl (C=O) groups is 2. The second-order valence-corrected chi connectivity index (χ2v) is 10.7. The quantitative estimate of drug-likeness (QED) is 0.677. The molecule has 1 aromatic heterocycles. The van der Waals surface area contributed by atoms with Crippen LogP contribution >= 0.6 is 0 Å². The molecule has 0 unspecified atom stereocenters. The number of hydrogen-bond donors (Lipinski definition) is 1. The summed E-state index contributed by atoms with van der Waals surface area (Å²) in [6.07, 6.45) is 3.96. The largest absolute Gasteiger partial charge is 0.474 e. The predicted octanol–water partition coefficient (Wildman–Crippen LogP) is 4.24. The summed E-state index contributed by atoms with van der Waals surface area (Å²) < 4.78 is 16.4. The average Bonchev–Trinajstić information content (AvgIpc) is 2.73. The van der Waals surface area contributed by atoms with Crippen LogP contribution in [0.15, 0.2) is 24.4 Å². The van der Waals surface area contributed by atoms with Crippen LogP contribution in [-0.2, 0) is 9.47 Å². The normalized spacial score (nSPS) is 18.0. The maximum atomic E-state index is 11.9. The summed E-state index contributed by atoms with van der Waals surface area (Å²) in [6.45, 7) is 13.7. The lowest BCUT2D eigenvalue weighted by molar-refractivity contribution is 0.00954. The molecular weight excluding hydrogens is 438 g/mol. The molecule has 1 N–H and O–H groups in total. The zero-order chi connectivity index (χ0) is 25.4. The Morgan fingerprint density at radius 1 is 0.853 bits per heavy atom. The lowest BCUT2D eigenvalue weighted by Crippen LogP contribution is -2.44. The highest BCUT2D eigenvalue weighted by Gasteiger charge is 2.28. The number of rotatable bonds is 2. The summed E-state index contributed by atoms with van der Waals surface area (Å²) in [6, 6.07) is 5.61. The molecule has 3 heterocycles. The molecule has 0 bridgehead atoms. The lowest BCUT2D eigenvalue weighted by Gasteiger charge is -2.33. The molecule has 9 heteroatoms. The van der Waals surface area contributed by atoms with Gasteiger partial charge in [-0.25, -0.2) is 14.6 Å². The van der Waals surface area contributed by atoms with E-state index in [9.17, 15) is 14.7 Å². The van der Waals surface area contributed by atoms with Crippen molar-refractivity contribution in [1.29, 1.82) is 0 Å². The zero-order valence-electron chi connectivity index (χ0n) is 21.5. The Bertz CT molecular complexity index is 759. The Morgan fingerprint density at radius 2 is 1.32 bits per heavy atom. The molecule has 34 heavy (non-hydrogen) atoms. The third-order valence-corrected chi connectivity index (χ3v) is 5.14. The molecular formula is C25H41N3O6. The number of nitrogens with zero attached hydrogens (tertiary/aromatic N) is 3. The minimum atomic E-state index is -0.446. The summed E-state index contributed by atoms with van der Waals surface area (Å²) in [5.41, 5.74) is -0.883. The number of aliphatic hydroxyl groups is 1. The van der Waals surface area contributed by atoms with Gasteiger partial charge in [0.1, 0.15) is 17.3 Å². The lowest BCUT2D eigenvalue weighted by atomic mass is 10.1. The first-order chi connectivity index (χ1) is 15.8. The van der Waals surface area contributed by atoms with E-state index in [2.05, 4.69) is 4.98 Å². The SMILES string of the molecule is CC(C)(C)OC(=O)N1CCC(O)CC1.CC(C)(C)OC(=O)N1CCC(Oc2ccccn2)CC1. The summed E-state index contributed by atoms with van der Waals surface area (Å²) in [4.78, 5) is 31.0. The van der Waals surface area contributed by atoms with Gasteiger partial charge in [0, 0.05) is 51.3 Å². The molecule has 0 radical (unpaired) electrons. The smallest absolute Gasteiger partial charge is 0.410 e. The summed E-state index contributed by atoms with van der Waals surface area (Å²) in [5.74, 6) is 0.642. The van der Waals surface area contributed by atoms with E-state index in [1.54, 1.807) is 16.0 Å². The Kier molecular flexibility index (Phi) is 9.97. The molecule has 0 saturated carbocycles. The first-order valence-corrected chi connectivity index (χ1v) is 12.0. The predicted molar refractivity (Wildman–Crippen MR) is 129 cm³/mol. The maximum absolute atomic E-state index is 11.9. The van der Waals surface area contributed by atoms with E-state index < -0.39 is 11.2 Å². The van der Waals surface area contributed by atoms with E-state index in [1.165, 1.54) is 0 Å². The van der Waals surface area contributed by atoms with Crippen LogP contribution in [-0.4, -0.2) is 81.7 Å². The van der Waals surface area contributed by atoms with Crippen molar-refractivity contribution in [3.63, 3.8) is 0 Å². The molecule has 0 aromatic carbocycles. The van der Waals surface area contributed by atoms with E-state index in [1.807, 2.05) is 59.7 Å². The number of amides is 2. The van der Waals surface area contributed by atoms with Gasteiger partial charge in [-0.05, 0) is 60.5 Å². The van der Waals surface area contributed by atoms with Crippen LogP contribution in [0.1, 0.15) is 67.2 Å². The molecule has 2 aliphatic heterocycles. The van der Waals surface area contributed by atoms with Crippen molar-refractivity contribution >= 4 is 12.2 Å². The number of ether oxygens (including phenoxy) is 3. The number of piperidine rings is 2. The van der Waals surface area contributed by atoms with Crippen molar-refractivity contribution in [2.45, 2.75) is 90.6 Å². The highest BCUT2D eigenvalue weighted by atomic mass is 16.6. The second-order valence-electron chi connectivity index (χ2n) is 10.7. The second kappa shape index (κ2) is 12.2.